The monoisotopic (exact) mass is 861 g/mol. The highest BCUT2D eigenvalue weighted by atomic mass is 35.5. The summed E-state index contributed by atoms with van der Waals surface area (Å²) in [4.78, 5) is 37.9. The summed E-state index contributed by atoms with van der Waals surface area (Å²) in [5.74, 6) is 2.75. The van der Waals surface area contributed by atoms with Crippen molar-refractivity contribution in [3.8, 4) is 22.3 Å². The van der Waals surface area contributed by atoms with Gasteiger partial charge in [-0.3, -0.25) is 14.4 Å². The first-order valence-corrected chi connectivity index (χ1v) is 22.9. The average Bonchev–Trinajstić information content (AvgIpc) is 3.88. The van der Waals surface area contributed by atoms with E-state index < -0.39 is 6.04 Å². The lowest BCUT2D eigenvalue weighted by Gasteiger charge is -2.38. The second-order valence-electron chi connectivity index (χ2n) is 17.0. The maximum absolute atomic E-state index is 14.1. The second-order valence-corrected chi connectivity index (χ2v) is 19.1. The molecular weight excluding hydrogens is 814 g/mol. The lowest BCUT2D eigenvalue weighted by molar-refractivity contribution is -0.133. The number of pyridine rings is 1. The van der Waals surface area contributed by atoms with Crippen LogP contribution in [0, 0.1) is 26.7 Å². The lowest BCUT2D eigenvalue weighted by Crippen LogP contribution is -2.43. The minimum absolute atomic E-state index is 0.123. The van der Waals surface area contributed by atoms with Crippen molar-refractivity contribution in [2.75, 3.05) is 32.7 Å². The van der Waals surface area contributed by atoms with Crippen LogP contribution in [-0.2, 0) is 4.79 Å². The first-order chi connectivity index (χ1) is 29.1. The molecule has 6 aromatic rings. The van der Waals surface area contributed by atoms with Crippen LogP contribution in [-0.4, -0.2) is 90.0 Å². The Morgan fingerprint density at radius 1 is 0.883 bits per heavy atom. The quantitative estimate of drug-likeness (QED) is 0.154. The molecule has 2 saturated heterocycles. The minimum atomic E-state index is -0.454. The number of aliphatic imine (C=N–C) groups is 1. The molecule has 4 aromatic heterocycles. The van der Waals surface area contributed by atoms with Crippen LogP contribution in [0.2, 0.25) is 10.0 Å². The number of likely N-dealkylation sites (tertiary alicyclic amines) is 2. The normalized spacial score (nSPS) is 19.2. The summed E-state index contributed by atoms with van der Waals surface area (Å²) in [5, 5.41) is 11.4. The third kappa shape index (κ3) is 7.65. The highest BCUT2D eigenvalue weighted by Gasteiger charge is 2.35. The average molecular weight is 863 g/mol. The van der Waals surface area contributed by atoms with E-state index in [4.69, 9.17) is 37.9 Å². The Balaban J connectivity index is 0.743. The highest BCUT2D eigenvalue weighted by Crippen LogP contribution is 2.40. The molecule has 1 atom stereocenters. The summed E-state index contributed by atoms with van der Waals surface area (Å²) in [6, 6.07) is 18.6. The fourth-order valence-corrected chi connectivity index (χ4v) is 10.9. The van der Waals surface area contributed by atoms with Gasteiger partial charge in [0.2, 0.25) is 5.91 Å². The molecule has 60 heavy (non-hydrogen) atoms. The number of nitrogens with zero attached hydrogens (tertiary/aromatic N) is 8. The topological polar surface area (TPSA) is 117 Å². The number of rotatable bonds is 9. The van der Waals surface area contributed by atoms with Crippen LogP contribution in [0.5, 0.6) is 6.01 Å². The molecule has 4 aliphatic rings. The standard InChI is InChI=1S/C46H49Cl2N9O2S/c1-26-27(2)60-45-40(26)42(33-11-13-34(47)14-12-33)49-38(44-54-53-28(3)57(44)45)24-39(58)56-21-15-29(16-22-56)25-55-19-17-31(18-20-55)30-7-9-32(10-8-30)41-36(48)23-37-43(51-41)52-46(50-37)59-35-5-4-6-35/h7-14,23,29,31,35,38H,4-6,15-22,24-25H2,1-3H3,(H,50,51,52)/t38-/m0/s1. The number of amides is 1. The van der Waals surface area contributed by atoms with Gasteiger partial charge in [-0.05, 0) is 120 Å². The van der Waals surface area contributed by atoms with Gasteiger partial charge in [-0.25, -0.2) is 4.98 Å². The lowest BCUT2D eigenvalue weighted by atomic mass is 9.87. The fraction of sp³-hybridized carbons (Fsp3) is 0.435. The molecule has 14 heteroatoms. The number of H-pyrrole nitrogens is 1. The summed E-state index contributed by atoms with van der Waals surface area (Å²) in [6.07, 6.45) is 8.13. The molecule has 0 radical (unpaired) electrons. The number of hydrogen-bond donors (Lipinski definition) is 1. The van der Waals surface area contributed by atoms with Gasteiger partial charge in [-0.2, -0.15) is 4.98 Å². The smallest absolute Gasteiger partial charge is 0.296 e. The number of aromatic amines is 1. The Morgan fingerprint density at radius 2 is 1.62 bits per heavy atom. The van der Waals surface area contributed by atoms with Crippen molar-refractivity contribution < 1.29 is 9.53 Å². The third-order valence-corrected chi connectivity index (χ3v) is 14.9. The van der Waals surface area contributed by atoms with Crippen molar-refractivity contribution in [1.82, 2.24) is 39.5 Å². The first-order valence-electron chi connectivity index (χ1n) is 21.3. The van der Waals surface area contributed by atoms with Gasteiger partial charge in [0.15, 0.2) is 11.5 Å². The highest BCUT2D eigenvalue weighted by molar-refractivity contribution is 7.15. The van der Waals surface area contributed by atoms with Crippen molar-refractivity contribution in [1.29, 1.82) is 0 Å². The fourth-order valence-electron chi connectivity index (χ4n) is 9.32. The first kappa shape index (κ1) is 39.5. The van der Waals surface area contributed by atoms with E-state index in [0.29, 0.717) is 33.5 Å². The van der Waals surface area contributed by atoms with Gasteiger partial charge < -0.3 is 19.5 Å². The predicted molar refractivity (Wildman–Crippen MR) is 238 cm³/mol. The summed E-state index contributed by atoms with van der Waals surface area (Å²) in [7, 11) is 0. The van der Waals surface area contributed by atoms with Gasteiger partial charge in [-0.1, -0.05) is 59.6 Å². The van der Waals surface area contributed by atoms with Crippen molar-refractivity contribution in [2.45, 2.75) is 90.2 Å². The molecule has 2 aromatic carbocycles. The maximum Gasteiger partial charge on any atom is 0.296 e. The number of piperidine rings is 2. The zero-order valence-electron chi connectivity index (χ0n) is 34.3. The Kier molecular flexibility index (Phi) is 10.8. The van der Waals surface area contributed by atoms with Crippen LogP contribution >= 0.6 is 34.5 Å². The van der Waals surface area contributed by atoms with Crippen molar-refractivity contribution >= 4 is 57.3 Å². The Hall–Kier alpha value is -4.62. The number of imidazole rings is 1. The number of aromatic nitrogens is 6. The van der Waals surface area contributed by atoms with E-state index in [1.54, 1.807) is 11.3 Å². The molecule has 7 heterocycles. The van der Waals surface area contributed by atoms with E-state index >= 15 is 0 Å². The van der Waals surface area contributed by atoms with E-state index in [-0.39, 0.29) is 18.4 Å². The zero-order valence-corrected chi connectivity index (χ0v) is 36.6. The Labute approximate surface area is 364 Å². The number of thiophene rings is 1. The molecule has 310 valence electrons. The van der Waals surface area contributed by atoms with E-state index in [2.05, 4.69) is 67.7 Å². The molecule has 0 bridgehead atoms. The molecule has 0 unspecified atom stereocenters. The molecule has 1 aliphatic carbocycles. The summed E-state index contributed by atoms with van der Waals surface area (Å²) in [6.45, 7) is 11.1. The third-order valence-electron chi connectivity index (χ3n) is 13.2. The SMILES string of the molecule is Cc1sc2c(c1C)C(c1ccc(Cl)cc1)=N[C@@H](CC(=O)N1CCC(CN3CCC(c4ccc(-c5nc6nc(OC7CCC7)[nH]c6cc5Cl)cc4)CC3)CC1)c1nnc(C)n1-2. The molecule has 1 saturated carbocycles. The van der Waals surface area contributed by atoms with Crippen LogP contribution in [0.1, 0.15) is 102 Å². The Morgan fingerprint density at radius 3 is 2.33 bits per heavy atom. The predicted octanol–water partition coefficient (Wildman–Crippen LogP) is 9.83. The van der Waals surface area contributed by atoms with Crippen LogP contribution in [0.15, 0.2) is 59.6 Å². The van der Waals surface area contributed by atoms with Crippen molar-refractivity contribution in [3.05, 3.63) is 103 Å². The molecule has 10 rings (SSSR count). The molecule has 1 N–H and O–H groups in total. The number of aryl methyl sites for hydroxylation is 2. The van der Waals surface area contributed by atoms with Gasteiger partial charge in [0, 0.05) is 46.2 Å². The van der Waals surface area contributed by atoms with Crippen molar-refractivity contribution in [2.24, 2.45) is 10.9 Å². The number of carbonyl (C=O) groups is 1. The van der Waals surface area contributed by atoms with E-state index in [0.717, 1.165) is 122 Å². The van der Waals surface area contributed by atoms with E-state index in [9.17, 15) is 4.79 Å². The van der Waals surface area contributed by atoms with Gasteiger partial charge in [-0.15, -0.1) is 21.5 Å². The molecule has 1 amide bonds. The zero-order chi connectivity index (χ0) is 41.1. The second kappa shape index (κ2) is 16.3. The molecule has 3 aliphatic heterocycles. The van der Waals surface area contributed by atoms with Crippen molar-refractivity contribution in [3.63, 3.8) is 0 Å². The molecule has 11 nitrogen and oxygen atoms in total. The summed E-state index contributed by atoms with van der Waals surface area (Å²) in [5.41, 5.74) is 8.61. The Bertz CT molecular complexity index is 2580. The van der Waals surface area contributed by atoms with Gasteiger partial charge in [0.05, 0.1) is 28.4 Å². The molecular formula is C46H49Cl2N9O2S. The van der Waals surface area contributed by atoms with Crippen LogP contribution in [0.4, 0.5) is 0 Å². The van der Waals surface area contributed by atoms with Crippen LogP contribution in [0.3, 0.4) is 0 Å². The number of carbonyl (C=O) groups excluding carboxylic acids is 1. The number of ether oxygens (including phenoxy) is 1. The van der Waals surface area contributed by atoms with Gasteiger partial charge in [0.25, 0.3) is 6.01 Å². The van der Waals surface area contributed by atoms with E-state index in [1.165, 1.54) is 22.4 Å². The van der Waals surface area contributed by atoms with Crippen LogP contribution < -0.4 is 4.74 Å². The number of fused-ring (bicyclic) bond motifs is 4. The number of nitrogens with one attached hydrogen (secondary N) is 1. The maximum atomic E-state index is 14.1. The minimum Gasteiger partial charge on any atom is -0.461 e. The summed E-state index contributed by atoms with van der Waals surface area (Å²) < 4.78 is 8.07. The summed E-state index contributed by atoms with van der Waals surface area (Å²) >= 11 is 14.7. The molecule has 3 fully saturated rings. The molecule has 0 spiro atoms. The number of hydrogen-bond acceptors (Lipinski definition) is 9. The van der Waals surface area contributed by atoms with E-state index in [1.807, 2.05) is 42.2 Å². The van der Waals surface area contributed by atoms with Gasteiger partial charge >= 0.3 is 0 Å². The number of benzene rings is 2. The number of halogens is 2. The van der Waals surface area contributed by atoms with Crippen LogP contribution in [0.25, 0.3) is 27.4 Å². The largest absolute Gasteiger partial charge is 0.461 e. The van der Waals surface area contributed by atoms with Gasteiger partial charge in [0.1, 0.15) is 23.0 Å².